The van der Waals surface area contributed by atoms with E-state index in [1.165, 1.54) is 4.90 Å². The number of nitrogens with zero attached hydrogens (tertiary/aromatic N) is 2. The number of fused-ring (bicyclic) bond motifs is 1. The first-order chi connectivity index (χ1) is 14.9. The Kier molecular flexibility index (Phi) is 7.81. The zero-order valence-electron chi connectivity index (χ0n) is 18.3. The number of aliphatic hydroxyl groups excluding tert-OH is 1. The van der Waals surface area contributed by atoms with Crippen molar-refractivity contribution in [3.05, 3.63) is 12.7 Å². The van der Waals surface area contributed by atoms with Crippen molar-refractivity contribution in [1.29, 1.82) is 0 Å². The molecule has 3 rings (SSSR count). The Balaban J connectivity index is 1.98. The molecule has 8 nitrogen and oxygen atoms in total. The number of amides is 2. The maximum absolute atomic E-state index is 13.8. The summed E-state index contributed by atoms with van der Waals surface area (Å²) in [5.74, 6) is -2.56. The van der Waals surface area contributed by atoms with Crippen molar-refractivity contribution in [2.24, 2.45) is 11.8 Å². The van der Waals surface area contributed by atoms with Gasteiger partial charge in [-0.2, -0.15) is 0 Å². The minimum absolute atomic E-state index is 0.0148. The summed E-state index contributed by atoms with van der Waals surface area (Å²) in [6.07, 6.45) is 4.47. The molecule has 9 heteroatoms. The Morgan fingerprint density at radius 3 is 2.77 bits per heavy atom. The average molecular weight is 501 g/mol. The van der Waals surface area contributed by atoms with Crippen LogP contribution in [-0.4, -0.2) is 88.1 Å². The SMILES string of the molecule is C=CCN(CCCCC)C(=O)C1N(CCO)C(=O)[C@@H]2[C@H](C(=O)OCC)[C@H]3OC12CC3Br. The first kappa shape index (κ1) is 24.2. The van der Waals surface area contributed by atoms with Crippen molar-refractivity contribution in [3.8, 4) is 0 Å². The van der Waals surface area contributed by atoms with Crippen LogP contribution in [0.5, 0.6) is 0 Å². The first-order valence-electron chi connectivity index (χ1n) is 11.2. The largest absolute Gasteiger partial charge is 0.466 e. The molecule has 3 unspecified atom stereocenters. The van der Waals surface area contributed by atoms with E-state index in [0.717, 1.165) is 19.3 Å². The number of aliphatic hydroxyl groups is 1. The van der Waals surface area contributed by atoms with Crippen LogP contribution in [0.4, 0.5) is 0 Å². The molecule has 2 amide bonds. The predicted octanol–water partition coefficient (Wildman–Crippen LogP) is 1.49. The molecule has 3 fully saturated rings. The quantitative estimate of drug-likeness (QED) is 0.200. The highest BCUT2D eigenvalue weighted by molar-refractivity contribution is 9.09. The molecule has 6 atom stereocenters. The third-order valence-electron chi connectivity index (χ3n) is 6.62. The van der Waals surface area contributed by atoms with E-state index < -0.39 is 35.6 Å². The number of alkyl halides is 1. The third kappa shape index (κ3) is 4.04. The third-order valence-corrected chi connectivity index (χ3v) is 7.46. The van der Waals surface area contributed by atoms with Gasteiger partial charge in [0.25, 0.3) is 0 Å². The number of unbranched alkanes of at least 4 members (excludes halogenated alkanes) is 2. The molecule has 3 aliphatic heterocycles. The summed E-state index contributed by atoms with van der Waals surface area (Å²) in [6.45, 7) is 8.45. The van der Waals surface area contributed by atoms with Gasteiger partial charge in [-0.1, -0.05) is 41.8 Å². The molecule has 3 aliphatic rings. The number of ether oxygens (including phenoxy) is 2. The van der Waals surface area contributed by atoms with Crippen molar-refractivity contribution < 1.29 is 29.0 Å². The molecule has 3 heterocycles. The highest BCUT2D eigenvalue weighted by Gasteiger charge is 2.77. The van der Waals surface area contributed by atoms with Crippen LogP contribution < -0.4 is 0 Å². The van der Waals surface area contributed by atoms with Crippen LogP contribution in [0.2, 0.25) is 0 Å². The molecule has 0 aromatic rings. The number of hydrogen-bond donors (Lipinski definition) is 1. The summed E-state index contributed by atoms with van der Waals surface area (Å²) in [5, 5.41) is 9.62. The van der Waals surface area contributed by atoms with E-state index in [9.17, 15) is 19.5 Å². The molecular formula is C22H33BrN2O6. The molecule has 0 aromatic heterocycles. The van der Waals surface area contributed by atoms with Gasteiger partial charge < -0.3 is 24.4 Å². The number of likely N-dealkylation sites (tertiary alicyclic amines) is 1. The number of carbonyl (C=O) groups is 3. The maximum atomic E-state index is 13.8. The van der Waals surface area contributed by atoms with Crippen LogP contribution in [0.25, 0.3) is 0 Å². The molecule has 0 radical (unpaired) electrons. The van der Waals surface area contributed by atoms with Crippen LogP contribution in [0.3, 0.4) is 0 Å². The fourth-order valence-electron chi connectivity index (χ4n) is 5.44. The zero-order valence-corrected chi connectivity index (χ0v) is 19.9. The minimum Gasteiger partial charge on any atom is -0.466 e. The fraction of sp³-hybridized carbons (Fsp3) is 0.773. The lowest BCUT2D eigenvalue weighted by atomic mass is 9.70. The molecular weight excluding hydrogens is 468 g/mol. The van der Waals surface area contributed by atoms with E-state index in [1.807, 2.05) is 0 Å². The van der Waals surface area contributed by atoms with Crippen LogP contribution in [-0.2, 0) is 23.9 Å². The van der Waals surface area contributed by atoms with E-state index in [0.29, 0.717) is 19.5 Å². The summed E-state index contributed by atoms with van der Waals surface area (Å²) < 4.78 is 11.6. The Hall–Kier alpha value is -1.45. The van der Waals surface area contributed by atoms with Crippen molar-refractivity contribution >= 4 is 33.7 Å². The Morgan fingerprint density at radius 1 is 1.42 bits per heavy atom. The molecule has 3 saturated heterocycles. The normalized spacial score (nSPS) is 33.5. The van der Waals surface area contributed by atoms with E-state index >= 15 is 0 Å². The van der Waals surface area contributed by atoms with E-state index in [-0.39, 0.29) is 36.4 Å². The van der Waals surface area contributed by atoms with Crippen LogP contribution in [0.1, 0.15) is 39.5 Å². The number of hydrogen-bond acceptors (Lipinski definition) is 6. The fourth-order valence-corrected chi connectivity index (χ4v) is 6.38. The lowest BCUT2D eigenvalue weighted by Gasteiger charge is -2.37. The number of carbonyl (C=O) groups excluding carboxylic acids is 3. The van der Waals surface area contributed by atoms with E-state index in [4.69, 9.17) is 9.47 Å². The summed E-state index contributed by atoms with van der Waals surface area (Å²) >= 11 is 3.61. The lowest BCUT2D eigenvalue weighted by Crippen LogP contribution is -2.57. The maximum Gasteiger partial charge on any atom is 0.312 e. The van der Waals surface area contributed by atoms with Gasteiger partial charge in [0.2, 0.25) is 11.8 Å². The van der Waals surface area contributed by atoms with Gasteiger partial charge in [0, 0.05) is 24.5 Å². The summed E-state index contributed by atoms with van der Waals surface area (Å²) in [5.41, 5.74) is -1.11. The average Bonchev–Trinajstić information content (AvgIpc) is 3.32. The van der Waals surface area contributed by atoms with Gasteiger partial charge in [-0.25, -0.2) is 0 Å². The molecule has 1 N–H and O–H groups in total. The molecule has 174 valence electrons. The van der Waals surface area contributed by atoms with Gasteiger partial charge in [0.1, 0.15) is 11.6 Å². The lowest BCUT2D eigenvalue weighted by molar-refractivity contribution is -0.155. The molecule has 0 aromatic carbocycles. The smallest absolute Gasteiger partial charge is 0.312 e. The van der Waals surface area contributed by atoms with Crippen molar-refractivity contribution in [1.82, 2.24) is 9.80 Å². The molecule has 0 saturated carbocycles. The van der Waals surface area contributed by atoms with Crippen LogP contribution in [0, 0.1) is 11.8 Å². The summed E-state index contributed by atoms with van der Waals surface area (Å²) in [6, 6.07) is -0.886. The van der Waals surface area contributed by atoms with Crippen LogP contribution >= 0.6 is 15.9 Å². The summed E-state index contributed by atoms with van der Waals surface area (Å²) in [7, 11) is 0. The van der Waals surface area contributed by atoms with Gasteiger partial charge in [-0.3, -0.25) is 14.4 Å². The molecule has 0 aliphatic carbocycles. The highest BCUT2D eigenvalue weighted by atomic mass is 79.9. The second-order valence-electron chi connectivity index (χ2n) is 8.45. The minimum atomic E-state index is -1.11. The number of esters is 1. The van der Waals surface area contributed by atoms with Crippen molar-refractivity contribution in [2.45, 2.75) is 62.1 Å². The zero-order chi connectivity index (χ0) is 22.8. The second-order valence-corrected chi connectivity index (χ2v) is 9.63. The second kappa shape index (κ2) is 10.0. The monoisotopic (exact) mass is 500 g/mol. The Bertz CT molecular complexity index is 718. The molecule has 2 bridgehead atoms. The standard InChI is InChI=1S/C22H33BrN2O6/c1-4-7-8-10-24(9-5-2)20(28)18-22-13-14(23)17(31-22)15(21(29)30-6-3)16(22)19(27)25(18)11-12-26/h5,14-18,26H,2,4,6-13H2,1,3H3/t14?,15-,16-,17-,18?,22?/m0/s1. The molecule has 1 spiro atoms. The van der Waals surface area contributed by atoms with Gasteiger partial charge in [-0.15, -0.1) is 6.58 Å². The topological polar surface area (TPSA) is 96.4 Å². The van der Waals surface area contributed by atoms with Crippen molar-refractivity contribution in [3.63, 3.8) is 0 Å². The molecule has 31 heavy (non-hydrogen) atoms. The predicted molar refractivity (Wildman–Crippen MR) is 117 cm³/mol. The van der Waals surface area contributed by atoms with Gasteiger partial charge in [0.15, 0.2) is 0 Å². The van der Waals surface area contributed by atoms with Crippen molar-refractivity contribution in [2.75, 3.05) is 32.8 Å². The Morgan fingerprint density at radius 2 is 2.16 bits per heavy atom. The van der Waals surface area contributed by atoms with E-state index in [1.54, 1.807) is 17.9 Å². The Labute approximate surface area is 192 Å². The number of rotatable bonds is 11. The highest BCUT2D eigenvalue weighted by Crippen LogP contribution is 2.60. The summed E-state index contributed by atoms with van der Waals surface area (Å²) in [4.78, 5) is 43.0. The number of β-amino-alcohol motifs (C(OH)–C–C–N with tert-alkyl or cyclic N) is 1. The first-order valence-corrected chi connectivity index (χ1v) is 12.1. The van der Waals surface area contributed by atoms with E-state index in [2.05, 4.69) is 29.4 Å². The van der Waals surface area contributed by atoms with Gasteiger partial charge in [-0.05, 0) is 19.8 Å². The van der Waals surface area contributed by atoms with Gasteiger partial charge in [0.05, 0.1) is 31.2 Å². The number of halogens is 1. The van der Waals surface area contributed by atoms with Gasteiger partial charge >= 0.3 is 5.97 Å². The van der Waals surface area contributed by atoms with Crippen LogP contribution in [0.15, 0.2) is 12.7 Å².